The van der Waals surface area contributed by atoms with E-state index >= 15 is 0 Å². The molecule has 19 heavy (non-hydrogen) atoms. The third-order valence-corrected chi connectivity index (χ3v) is 5.43. The lowest BCUT2D eigenvalue weighted by atomic mass is 9.94. The molecule has 106 valence electrons. The summed E-state index contributed by atoms with van der Waals surface area (Å²) in [7, 11) is -1.18. The molecule has 2 atom stereocenters. The second-order valence-electron chi connectivity index (χ2n) is 5.02. The largest absolute Gasteiger partial charge is 0.313 e. The van der Waals surface area contributed by atoms with E-state index in [0.29, 0.717) is 18.4 Å². The topological polar surface area (TPSA) is 46.2 Å². The van der Waals surface area contributed by atoms with Crippen LogP contribution in [0.1, 0.15) is 24.4 Å². The van der Waals surface area contributed by atoms with Crippen LogP contribution in [-0.4, -0.2) is 27.0 Å². The third-order valence-electron chi connectivity index (χ3n) is 3.59. The summed E-state index contributed by atoms with van der Waals surface area (Å²) in [6, 6.07) is 3.64. The van der Waals surface area contributed by atoms with Gasteiger partial charge in [-0.2, -0.15) is 0 Å². The minimum atomic E-state index is -2.91. The van der Waals surface area contributed by atoms with Crippen molar-refractivity contribution >= 4 is 9.84 Å². The van der Waals surface area contributed by atoms with Crippen molar-refractivity contribution in [2.24, 2.45) is 5.92 Å². The van der Waals surface area contributed by atoms with E-state index in [-0.39, 0.29) is 23.5 Å². The molecule has 0 aliphatic carbocycles. The highest BCUT2D eigenvalue weighted by molar-refractivity contribution is 7.91. The maximum Gasteiger partial charge on any atom is 0.159 e. The van der Waals surface area contributed by atoms with Crippen LogP contribution >= 0.6 is 0 Å². The van der Waals surface area contributed by atoms with Crippen molar-refractivity contribution in [2.75, 3.05) is 18.6 Å². The van der Waals surface area contributed by atoms with Crippen LogP contribution < -0.4 is 5.32 Å². The zero-order chi connectivity index (χ0) is 14.0. The molecule has 1 N–H and O–H groups in total. The summed E-state index contributed by atoms with van der Waals surface area (Å²) in [5.41, 5.74) is 0.644. The summed E-state index contributed by atoms with van der Waals surface area (Å²) in [5, 5.41) is 3.04. The van der Waals surface area contributed by atoms with E-state index in [1.807, 2.05) is 0 Å². The van der Waals surface area contributed by atoms with Crippen LogP contribution in [0.25, 0.3) is 0 Å². The van der Waals surface area contributed by atoms with E-state index < -0.39 is 21.5 Å². The highest BCUT2D eigenvalue weighted by Crippen LogP contribution is 2.29. The molecule has 0 saturated carbocycles. The lowest BCUT2D eigenvalue weighted by molar-refractivity contribution is 0.432. The third kappa shape index (κ3) is 3.51. The fourth-order valence-electron chi connectivity index (χ4n) is 2.54. The molecule has 0 bridgehead atoms. The summed E-state index contributed by atoms with van der Waals surface area (Å²) in [6.45, 7) is 0. The molecule has 1 saturated heterocycles. The van der Waals surface area contributed by atoms with Crippen LogP contribution in [0.5, 0.6) is 0 Å². The zero-order valence-corrected chi connectivity index (χ0v) is 11.5. The molecule has 6 heteroatoms. The fraction of sp³-hybridized carbons (Fsp3) is 0.538. The molecule has 3 nitrogen and oxygen atoms in total. The molecule has 0 amide bonds. The second-order valence-corrected chi connectivity index (χ2v) is 7.25. The lowest BCUT2D eigenvalue weighted by Gasteiger charge is -2.20. The summed E-state index contributed by atoms with van der Waals surface area (Å²) >= 11 is 0. The van der Waals surface area contributed by atoms with Gasteiger partial charge in [0.05, 0.1) is 11.5 Å². The van der Waals surface area contributed by atoms with Gasteiger partial charge in [0.2, 0.25) is 0 Å². The van der Waals surface area contributed by atoms with Crippen molar-refractivity contribution in [1.29, 1.82) is 0 Å². The number of hydrogen-bond acceptors (Lipinski definition) is 3. The molecule has 1 aliphatic rings. The Hall–Kier alpha value is -1.01. The van der Waals surface area contributed by atoms with E-state index in [1.165, 1.54) is 12.1 Å². The van der Waals surface area contributed by atoms with Gasteiger partial charge < -0.3 is 5.32 Å². The first-order valence-electron chi connectivity index (χ1n) is 6.24. The van der Waals surface area contributed by atoms with Gasteiger partial charge in [-0.1, -0.05) is 6.07 Å². The van der Waals surface area contributed by atoms with Crippen molar-refractivity contribution in [3.05, 3.63) is 35.4 Å². The predicted octanol–water partition coefficient (Wildman–Crippen LogP) is 2.05. The summed E-state index contributed by atoms with van der Waals surface area (Å²) in [4.78, 5) is 0. The molecule has 1 heterocycles. The Bertz CT molecular complexity index is 560. The normalized spacial score (nSPS) is 23.4. The average Bonchev–Trinajstić information content (AvgIpc) is 2.69. The smallest absolute Gasteiger partial charge is 0.159 e. The number of halogens is 2. The molecular weight excluding hydrogens is 272 g/mol. The molecule has 2 rings (SSSR count). The van der Waals surface area contributed by atoms with Crippen LogP contribution in [0.3, 0.4) is 0 Å². The summed E-state index contributed by atoms with van der Waals surface area (Å²) in [6.07, 6.45) is 1.25. The Balaban J connectivity index is 2.10. The minimum absolute atomic E-state index is 0.0792. The molecular formula is C13H17F2NO2S. The molecule has 1 aromatic rings. The predicted molar refractivity (Wildman–Crippen MR) is 69.5 cm³/mol. The van der Waals surface area contributed by atoms with E-state index in [2.05, 4.69) is 5.32 Å². The van der Waals surface area contributed by atoms with E-state index in [4.69, 9.17) is 0 Å². The van der Waals surface area contributed by atoms with Crippen LogP contribution in [0.4, 0.5) is 8.78 Å². The van der Waals surface area contributed by atoms with E-state index in [1.54, 1.807) is 7.05 Å². The monoisotopic (exact) mass is 289 g/mol. The molecule has 1 aliphatic heterocycles. The molecule has 1 fully saturated rings. The van der Waals surface area contributed by atoms with Crippen molar-refractivity contribution in [1.82, 2.24) is 5.32 Å². The lowest BCUT2D eigenvalue weighted by Crippen LogP contribution is -2.20. The Morgan fingerprint density at radius 1 is 1.37 bits per heavy atom. The highest BCUT2D eigenvalue weighted by atomic mass is 32.2. The van der Waals surface area contributed by atoms with Gasteiger partial charge in [0.15, 0.2) is 21.5 Å². The van der Waals surface area contributed by atoms with Gasteiger partial charge in [-0.15, -0.1) is 0 Å². The van der Waals surface area contributed by atoms with Crippen molar-refractivity contribution in [3.63, 3.8) is 0 Å². The summed E-state index contributed by atoms with van der Waals surface area (Å²) in [5.74, 6) is -1.25. The number of sulfone groups is 1. The van der Waals surface area contributed by atoms with Gasteiger partial charge in [-0.05, 0) is 43.5 Å². The number of rotatable bonds is 4. The first-order valence-corrected chi connectivity index (χ1v) is 8.06. The molecule has 2 unspecified atom stereocenters. The van der Waals surface area contributed by atoms with Crippen LogP contribution in [0.2, 0.25) is 0 Å². The molecule has 0 aromatic heterocycles. The fourth-order valence-corrected chi connectivity index (χ4v) is 4.42. The first kappa shape index (κ1) is 14.4. The summed E-state index contributed by atoms with van der Waals surface area (Å²) < 4.78 is 48.9. The molecule has 0 spiro atoms. The van der Waals surface area contributed by atoms with Gasteiger partial charge in [-0.25, -0.2) is 17.2 Å². The Kier molecular flexibility index (Phi) is 4.20. The van der Waals surface area contributed by atoms with Crippen LogP contribution in [0.15, 0.2) is 18.2 Å². The van der Waals surface area contributed by atoms with Crippen molar-refractivity contribution in [3.8, 4) is 0 Å². The number of nitrogens with one attached hydrogen (secondary N) is 1. The Morgan fingerprint density at radius 3 is 2.63 bits per heavy atom. The van der Waals surface area contributed by atoms with Gasteiger partial charge in [0.25, 0.3) is 0 Å². The Labute approximate surface area is 111 Å². The minimum Gasteiger partial charge on any atom is -0.313 e. The SMILES string of the molecule is CNC(CC1CCS(=O)(=O)C1)c1ccc(F)c(F)c1. The van der Waals surface area contributed by atoms with Crippen LogP contribution in [-0.2, 0) is 9.84 Å². The average molecular weight is 289 g/mol. The molecule has 1 aromatic carbocycles. The number of benzene rings is 1. The van der Waals surface area contributed by atoms with Gasteiger partial charge >= 0.3 is 0 Å². The molecule has 0 radical (unpaired) electrons. The van der Waals surface area contributed by atoms with Crippen molar-refractivity contribution < 1.29 is 17.2 Å². The second kappa shape index (κ2) is 5.54. The van der Waals surface area contributed by atoms with E-state index in [0.717, 1.165) is 6.07 Å². The van der Waals surface area contributed by atoms with Crippen LogP contribution in [0, 0.1) is 17.6 Å². The van der Waals surface area contributed by atoms with Gasteiger partial charge in [0, 0.05) is 6.04 Å². The standard InChI is InChI=1S/C13H17F2NO2S/c1-16-13(6-9-4-5-19(17,18)8-9)10-2-3-11(14)12(15)7-10/h2-3,7,9,13,16H,4-6,8H2,1H3. The van der Waals surface area contributed by atoms with E-state index in [9.17, 15) is 17.2 Å². The number of hydrogen-bond donors (Lipinski definition) is 1. The van der Waals surface area contributed by atoms with Crippen molar-refractivity contribution in [2.45, 2.75) is 18.9 Å². The maximum atomic E-state index is 13.2. The van der Waals surface area contributed by atoms with Gasteiger partial charge in [0.1, 0.15) is 0 Å². The zero-order valence-electron chi connectivity index (χ0n) is 10.7. The quantitative estimate of drug-likeness (QED) is 0.923. The maximum absolute atomic E-state index is 13.2. The highest BCUT2D eigenvalue weighted by Gasteiger charge is 2.30. The Morgan fingerprint density at radius 2 is 2.11 bits per heavy atom. The first-order chi connectivity index (χ1) is 8.91. The van der Waals surface area contributed by atoms with Gasteiger partial charge in [-0.3, -0.25) is 0 Å².